The van der Waals surface area contributed by atoms with Crippen LogP contribution in [0.3, 0.4) is 0 Å². The first kappa shape index (κ1) is 45.9. The van der Waals surface area contributed by atoms with E-state index in [1.807, 2.05) is 0 Å². The number of nitrogens with two attached hydrogens (primary N) is 1. The monoisotopic (exact) mass is 714 g/mol. The van der Waals surface area contributed by atoms with Gasteiger partial charge in [0.2, 0.25) is 17.7 Å². The van der Waals surface area contributed by atoms with E-state index in [9.17, 15) is 34.5 Å². The highest BCUT2D eigenvalue weighted by Crippen LogP contribution is 2.36. The van der Waals surface area contributed by atoms with E-state index >= 15 is 0 Å². The molecule has 7 N–H and O–H groups in total. The van der Waals surface area contributed by atoms with Crippen molar-refractivity contribution in [1.82, 2.24) is 10.2 Å². The van der Waals surface area contributed by atoms with Gasteiger partial charge in [-0.1, -0.05) is 136 Å². The SMILES string of the molecule is CCCCCCCCCCCCCCN(C(=O)CCCCCCCCCCC)[C@]1(N)O[C@H](CO)[C@H](O)[C@H](O)[C@H]1C(=O)CNC(=O)CCC(=O)O. The average Bonchev–Trinajstić information content (AvgIpc) is 3.09. The lowest BCUT2D eigenvalue weighted by Crippen LogP contribution is -2.75. The highest BCUT2D eigenvalue weighted by Gasteiger charge is 2.58. The zero-order chi connectivity index (χ0) is 37.2. The highest BCUT2D eigenvalue weighted by atomic mass is 16.6. The number of hydrogen-bond acceptors (Lipinski definition) is 9. The number of hydrogen-bond donors (Lipinski definition) is 6. The van der Waals surface area contributed by atoms with Gasteiger partial charge in [-0.15, -0.1) is 0 Å². The quantitative estimate of drug-likeness (QED) is 0.0403. The molecule has 292 valence electrons. The fourth-order valence-corrected chi connectivity index (χ4v) is 6.78. The molecule has 1 saturated heterocycles. The fourth-order valence-electron chi connectivity index (χ4n) is 6.78. The molecule has 1 heterocycles. The molecule has 0 unspecified atom stereocenters. The van der Waals surface area contributed by atoms with E-state index in [1.165, 1.54) is 75.5 Å². The summed E-state index contributed by atoms with van der Waals surface area (Å²) >= 11 is 0. The van der Waals surface area contributed by atoms with Crippen molar-refractivity contribution in [2.24, 2.45) is 11.7 Å². The Morgan fingerprint density at radius 2 is 1.14 bits per heavy atom. The number of nitrogens with zero attached hydrogens (tertiary/aromatic N) is 1. The predicted molar refractivity (Wildman–Crippen MR) is 194 cm³/mol. The van der Waals surface area contributed by atoms with E-state index in [-0.39, 0.29) is 25.3 Å². The zero-order valence-corrected chi connectivity index (χ0v) is 31.3. The summed E-state index contributed by atoms with van der Waals surface area (Å²) < 4.78 is 5.97. The summed E-state index contributed by atoms with van der Waals surface area (Å²) in [5.41, 5.74) is 6.81. The number of Topliss-reactive ketones (excluding diaryl/α,β-unsaturated/α-hetero) is 1. The van der Waals surface area contributed by atoms with Gasteiger partial charge in [0.1, 0.15) is 18.1 Å². The van der Waals surface area contributed by atoms with Gasteiger partial charge >= 0.3 is 5.97 Å². The third kappa shape index (κ3) is 17.9. The molecule has 0 spiro atoms. The predicted octanol–water partition coefficient (Wildman–Crippen LogP) is 5.33. The number of carboxylic acids is 1. The third-order valence-electron chi connectivity index (χ3n) is 9.86. The van der Waals surface area contributed by atoms with Crippen molar-refractivity contribution in [1.29, 1.82) is 0 Å². The smallest absolute Gasteiger partial charge is 0.303 e. The van der Waals surface area contributed by atoms with Crippen molar-refractivity contribution in [3.63, 3.8) is 0 Å². The summed E-state index contributed by atoms with van der Waals surface area (Å²) in [5, 5.41) is 43.1. The Hall–Kier alpha value is -2.12. The van der Waals surface area contributed by atoms with Crippen LogP contribution in [0.4, 0.5) is 0 Å². The highest BCUT2D eigenvalue weighted by molar-refractivity contribution is 5.90. The largest absolute Gasteiger partial charge is 0.481 e. The van der Waals surface area contributed by atoms with Crippen molar-refractivity contribution in [2.45, 2.75) is 192 Å². The van der Waals surface area contributed by atoms with E-state index in [1.54, 1.807) is 0 Å². The lowest BCUT2D eigenvalue weighted by molar-refractivity contribution is -0.291. The standard InChI is InChI=1S/C38H71N3O9/c1-3-5-7-9-11-13-14-15-17-19-21-23-27-41(33(45)24-22-20-18-16-12-10-8-6-4-2)38(39)35(37(49)36(48)31(29-42)50-38)30(43)28-40-32(44)25-26-34(46)47/h31,35-37,42,48-49H,3-29,39H2,1-2H3,(H,40,44)(H,46,47)/t31-,35-,36+,37-,38+/m1/s1. The lowest BCUT2D eigenvalue weighted by atomic mass is 9.82. The van der Waals surface area contributed by atoms with Gasteiger partial charge in [-0.25, -0.2) is 0 Å². The van der Waals surface area contributed by atoms with Gasteiger partial charge < -0.3 is 35.4 Å². The van der Waals surface area contributed by atoms with Crippen LogP contribution >= 0.6 is 0 Å². The second kappa shape index (κ2) is 27.5. The van der Waals surface area contributed by atoms with E-state index < -0.39 is 67.3 Å². The van der Waals surface area contributed by atoms with Crippen LogP contribution in [0.2, 0.25) is 0 Å². The Morgan fingerprint density at radius 1 is 0.680 bits per heavy atom. The van der Waals surface area contributed by atoms with Crippen LogP contribution in [0.1, 0.15) is 168 Å². The van der Waals surface area contributed by atoms with Gasteiger partial charge in [-0.3, -0.25) is 24.9 Å². The minimum absolute atomic E-state index is 0.153. The maximum absolute atomic E-state index is 13.9. The number of ketones is 1. The van der Waals surface area contributed by atoms with Gasteiger partial charge in [-0.2, -0.15) is 0 Å². The van der Waals surface area contributed by atoms with Crippen LogP contribution in [0.5, 0.6) is 0 Å². The molecule has 5 atom stereocenters. The molecule has 12 heteroatoms. The molecular formula is C38H71N3O9. The number of carbonyl (C=O) groups excluding carboxylic acids is 3. The number of ether oxygens (including phenoxy) is 1. The van der Waals surface area contributed by atoms with Gasteiger partial charge in [-0.05, 0) is 12.8 Å². The topological polar surface area (TPSA) is 200 Å². The molecule has 1 fully saturated rings. The number of unbranched alkanes of at least 4 members (excludes halogenated alkanes) is 19. The van der Waals surface area contributed by atoms with E-state index in [4.69, 9.17) is 15.6 Å². The number of amides is 2. The number of aliphatic hydroxyl groups is 3. The van der Waals surface area contributed by atoms with E-state index in [0.717, 1.165) is 51.4 Å². The van der Waals surface area contributed by atoms with Crippen molar-refractivity contribution >= 4 is 23.6 Å². The molecular weight excluding hydrogens is 642 g/mol. The normalized spacial score (nSPS) is 22.0. The third-order valence-corrected chi connectivity index (χ3v) is 9.86. The summed E-state index contributed by atoms with van der Waals surface area (Å²) in [7, 11) is 0. The summed E-state index contributed by atoms with van der Waals surface area (Å²) in [6.07, 6.45) is 17.7. The molecule has 0 bridgehead atoms. The number of rotatable bonds is 31. The van der Waals surface area contributed by atoms with Crippen LogP contribution in [0, 0.1) is 5.92 Å². The first-order chi connectivity index (χ1) is 24.0. The number of nitrogens with one attached hydrogen (secondary N) is 1. The van der Waals surface area contributed by atoms with E-state index in [2.05, 4.69) is 19.2 Å². The maximum atomic E-state index is 13.9. The van der Waals surface area contributed by atoms with Crippen molar-refractivity contribution < 1.29 is 44.3 Å². The minimum Gasteiger partial charge on any atom is -0.481 e. The summed E-state index contributed by atoms with van der Waals surface area (Å²) in [6, 6.07) is 0. The number of carboxylic acid groups (broad SMARTS) is 1. The van der Waals surface area contributed by atoms with Crippen LogP contribution in [0.25, 0.3) is 0 Å². The Bertz CT molecular complexity index is 952. The molecule has 50 heavy (non-hydrogen) atoms. The molecule has 1 rings (SSSR count). The van der Waals surface area contributed by atoms with Crippen LogP contribution in [-0.4, -0.2) is 92.8 Å². The molecule has 0 aromatic heterocycles. The van der Waals surface area contributed by atoms with Gasteiger partial charge in [0, 0.05) is 19.4 Å². The fraction of sp³-hybridized carbons (Fsp3) is 0.895. The average molecular weight is 714 g/mol. The molecule has 0 aromatic carbocycles. The second-order valence-corrected chi connectivity index (χ2v) is 14.2. The van der Waals surface area contributed by atoms with Gasteiger partial charge in [0.15, 0.2) is 5.78 Å². The number of carbonyl (C=O) groups is 4. The van der Waals surface area contributed by atoms with Crippen molar-refractivity contribution in [3.05, 3.63) is 0 Å². The first-order valence-corrected chi connectivity index (χ1v) is 19.8. The van der Waals surface area contributed by atoms with Crippen LogP contribution in [-0.2, 0) is 23.9 Å². The van der Waals surface area contributed by atoms with Gasteiger partial charge in [0.05, 0.1) is 25.7 Å². The Labute approximate surface area is 301 Å². The van der Waals surface area contributed by atoms with Crippen molar-refractivity contribution in [2.75, 3.05) is 19.7 Å². The molecule has 0 aromatic rings. The molecule has 2 amide bonds. The Kier molecular flexibility index (Phi) is 25.3. The minimum atomic E-state index is -2.19. The summed E-state index contributed by atoms with van der Waals surface area (Å²) in [5.74, 6) is -6.80. The zero-order valence-electron chi connectivity index (χ0n) is 31.3. The Balaban J connectivity index is 2.97. The second-order valence-electron chi connectivity index (χ2n) is 14.2. The van der Waals surface area contributed by atoms with E-state index in [0.29, 0.717) is 12.8 Å². The molecule has 12 nitrogen and oxygen atoms in total. The molecule has 0 radical (unpaired) electrons. The first-order valence-electron chi connectivity index (χ1n) is 19.8. The van der Waals surface area contributed by atoms with Gasteiger partial charge in [0.25, 0.3) is 0 Å². The molecule has 1 aliphatic heterocycles. The molecule has 0 aliphatic carbocycles. The van der Waals surface area contributed by atoms with Crippen molar-refractivity contribution in [3.8, 4) is 0 Å². The lowest BCUT2D eigenvalue weighted by Gasteiger charge is -2.52. The maximum Gasteiger partial charge on any atom is 0.303 e. The van der Waals surface area contributed by atoms with Crippen LogP contribution < -0.4 is 11.1 Å². The van der Waals surface area contributed by atoms with Crippen LogP contribution in [0.15, 0.2) is 0 Å². The number of aliphatic hydroxyl groups excluding tert-OH is 3. The molecule has 0 saturated carbocycles. The molecule has 1 aliphatic rings. The summed E-state index contributed by atoms with van der Waals surface area (Å²) in [4.78, 5) is 51.8. The Morgan fingerprint density at radius 3 is 1.60 bits per heavy atom. The number of aliphatic carboxylic acids is 1. The summed E-state index contributed by atoms with van der Waals surface area (Å²) in [6.45, 7) is 3.24.